The van der Waals surface area contributed by atoms with E-state index in [0.717, 1.165) is 12.1 Å². The molecule has 3 aromatic carbocycles. The minimum atomic E-state index is -4.27. The molecule has 0 aliphatic rings. The molecule has 0 heterocycles. The lowest BCUT2D eigenvalue weighted by atomic mass is 10.1. The Morgan fingerprint density at radius 1 is 0.897 bits per heavy atom. The number of nitrogens with zero attached hydrogens (tertiary/aromatic N) is 2. The number of nitrogens with one attached hydrogen (secondary N) is 1. The quantitative estimate of drug-likeness (QED) is 0.674. The first kappa shape index (κ1) is 19.8. The molecule has 3 rings (SSSR count). The van der Waals surface area contributed by atoms with E-state index >= 15 is 0 Å². The highest BCUT2D eigenvalue weighted by molar-refractivity contribution is 7.92. The summed E-state index contributed by atoms with van der Waals surface area (Å²) < 4.78 is 59.1. The highest BCUT2D eigenvalue weighted by Crippen LogP contribution is 2.30. The summed E-state index contributed by atoms with van der Waals surface area (Å²) in [6.45, 7) is 0. The smallest absolute Gasteiger partial charge is 0.264 e. The number of ether oxygens (including phenoxy) is 1. The van der Waals surface area contributed by atoms with Gasteiger partial charge in [0.2, 0.25) is 0 Å². The molecule has 0 spiro atoms. The van der Waals surface area contributed by atoms with Gasteiger partial charge in [-0.1, -0.05) is 6.07 Å². The summed E-state index contributed by atoms with van der Waals surface area (Å²) in [5.41, 5.74) is 0.441. The molecule has 0 saturated carbocycles. The Morgan fingerprint density at radius 2 is 1.52 bits per heavy atom. The molecule has 1 N–H and O–H groups in total. The van der Waals surface area contributed by atoms with E-state index in [0.29, 0.717) is 6.07 Å². The summed E-state index contributed by atoms with van der Waals surface area (Å²) in [7, 11) is -4.27. The molecule has 29 heavy (non-hydrogen) atoms. The first-order valence-corrected chi connectivity index (χ1v) is 9.51. The van der Waals surface area contributed by atoms with Crippen molar-refractivity contribution in [2.24, 2.45) is 0 Å². The molecule has 0 aliphatic carbocycles. The molecule has 0 radical (unpaired) electrons. The van der Waals surface area contributed by atoms with Crippen molar-refractivity contribution in [1.29, 1.82) is 10.5 Å². The van der Waals surface area contributed by atoms with Crippen molar-refractivity contribution in [3.8, 4) is 23.6 Å². The van der Waals surface area contributed by atoms with Gasteiger partial charge in [-0.3, -0.25) is 4.72 Å². The van der Waals surface area contributed by atoms with Crippen LogP contribution in [0.2, 0.25) is 0 Å². The first-order valence-electron chi connectivity index (χ1n) is 8.03. The van der Waals surface area contributed by atoms with Crippen LogP contribution in [0.3, 0.4) is 0 Å². The minimum Gasteiger partial charge on any atom is -0.455 e. The van der Waals surface area contributed by atoms with Crippen LogP contribution in [0.15, 0.2) is 65.6 Å². The number of benzene rings is 3. The third-order valence-corrected chi connectivity index (χ3v) is 5.18. The zero-order valence-corrected chi connectivity index (χ0v) is 15.4. The molecule has 144 valence electrons. The lowest BCUT2D eigenvalue weighted by molar-refractivity contribution is 0.479. The number of hydrogen-bond acceptors (Lipinski definition) is 5. The number of halogens is 2. The van der Waals surface area contributed by atoms with Crippen molar-refractivity contribution < 1.29 is 21.9 Å². The van der Waals surface area contributed by atoms with Crippen LogP contribution in [-0.4, -0.2) is 8.42 Å². The molecule has 0 saturated heterocycles. The van der Waals surface area contributed by atoms with Gasteiger partial charge in [0, 0.05) is 11.8 Å². The molecule has 0 bridgehead atoms. The lowest BCUT2D eigenvalue weighted by Gasteiger charge is -2.11. The summed E-state index contributed by atoms with van der Waals surface area (Å²) in [5.74, 6) is -1.77. The van der Waals surface area contributed by atoms with E-state index in [9.17, 15) is 17.2 Å². The maximum absolute atomic E-state index is 13.8. The standard InChI is InChI=1S/C20H11F2N3O3S/c21-15-4-9-19(18(22)10-15)29(26,27)25-16-5-7-17(8-6-16)28-20-13(11-23)2-1-3-14(20)12-24/h1-10,25H. The summed E-state index contributed by atoms with van der Waals surface area (Å²) >= 11 is 0. The Bertz CT molecular complexity index is 1230. The molecule has 0 atom stereocenters. The first-order chi connectivity index (χ1) is 13.8. The second-order valence-corrected chi connectivity index (χ2v) is 7.36. The molecular formula is C20H11F2N3O3S. The number of hydrogen-bond donors (Lipinski definition) is 1. The Hall–Kier alpha value is -3.95. The number of anilines is 1. The van der Waals surface area contributed by atoms with Gasteiger partial charge in [-0.15, -0.1) is 0 Å². The topological polar surface area (TPSA) is 103 Å². The van der Waals surface area contributed by atoms with Gasteiger partial charge >= 0.3 is 0 Å². The van der Waals surface area contributed by atoms with Gasteiger partial charge in [0.1, 0.15) is 34.4 Å². The Kier molecular flexibility index (Phi) is 5.44. The molecule has 0 amide bonds. The molecule has 0 aromatic heterocycles. The van der Waals surface area contributed by atoms with Gasteiger partial charge < -0.3 is 4.74 Å². The van der Waals surface area contributed by atoms with Crippen molar-refractivity contribution in [2.75, 3.05) is 4.72 Å². The van der Waals surface area contributed by atoms with Crippen LogP contribution < -0.4 is 9.46 Å². The normalized spacial score (nSPS) is 10.6. The molecular weight excluding hydrogens is 400 g/mol. The van der Waals surface area contributed by atoms with Crippen LogP contribution >= 0.6 is 0 Å². The molecule has 3 aromatic rings. The van der Waals surface area contributed by atoms with Crippen LogP contribution in [0.5, 0.6) is 11.5 Å². The average Bonchev–Trinajstić information content (AvgIpc) is 2.69. The van der Waals surface area contributed by atoms with Crippen molar-refractivity contribution in [3.05, 3.63) is 83.4 Å². The van der Waals surface area contributed by atoms with E-state index in [-0.39, 0.29) is 28.3 Å². The van der Waals surface area contributed by atoms with Gasteiger partial charge in [0.05, 0.1) is 11.1 Å². The number of rotatable bonds is 5. The van der Waals surface area contributed by atoms with Crippen molar-refractivity contribution in [1.82, 2.24) is 0 Å². The second-order valence-electron chi connectivity index (χ2n) is 5.71. The zero-order valence-electron chi connectivity index (χ0n) is 14.6. The van der Waals surface area contributed by atoms with E-state index in [4.69, 9.17) is 15.3 Å². The van der Waals surface area contributed by atoms with E-state index in [2.05, 4.69) is 4.72 Å². The Labute approximate surface area is 165 Å². The lowest BCUT2D eigenvalue weighted by Crippen LogP contribution is -2.14. The zero-order chi connectivity index (χ0) is 21.0. The summed E-state index contributed by atoms with van der Waals surface area (Å²) in [6, 6.07) is 16.1. The SMILES string of the molecule is N#Cc1cccc(C#N)c1Oc1ccc(NS(=O)(=O)c2ccc(F)cc2F)cc1. The Morgan fingerprint density at radius 3 is 2.07 bits per heavy atom. The van der Waals surface area contributed by atoms with E-state index in [1.165, 1.54) is 36.4 Å². The minimum absolute atomic E-state index is 0.0826. The van der Waals surface area contributed by atoms with Gasteiger partial charge in [0.25, 0.3) is 10.0 Å². The van der Waals surface area contributed by atoms with E-state index in [1.54, 1.807) is 6.07 Å². The fourth-order valence-corrected chi connectivity index (χ4v) is 3.55. The summed E-state index contributed by atoms with van der Waals surface area (Å²) in [6.07, 6.45) is 0. The predicted molar refractivity (Wildman–Crippen MR) is 99.6 cm³/mol. The fourth-order valence-electron chi connectivity index (χ4n) is 2.44. The molecule has 9 heteroatoms. The van der Waals surface area contributed by atoms with Crippen molar-refractivity contribution in [2.45, 2.75) is 4.90 Å². The van der Waals surface area contributed by atoms with Gasteiger partial charge in [-0.05, 0) is 48.5 Å². The van der Waals surface area contributed by atoms with Gasteiger partial charge in [-0.25, -0.2) is 17.2 Å². The van der Waals surface area contributed by atoms with Crippen LogP contribution in [0.1, 0.15) is 11.1 Å². The van der Waals surface area contributed by atoms with Gasteiger partial charge in [0.15, 0.2) is 5.75 Å². The van der Waals surface area contributed by atoms with Crippen molar-refractivity contribution in [3.63, 3.8) is 0 Å². The van der Waals surface area contributed by atoms with E-state index in [1.807, 2.05) is 12.1 Å². The van der Waals surface area contributed by atoms with Crippen LogP contribution in [0.25, 0.3) is 0 Å². The highest BCUT2D eigenvalue weighted by atomic mass is 32.2. The monoisotopic (exact) mass is 411 g/mol. The molecule has 0 fully saturated rings. The van der Waals surface area contributed by atoms with Gasteiger partial charge in [-0.2, -0.15) is 10.5 Å². The summed E-state index contributed by atoms with van der Waals surface area (Å²) in [4.78, 5) is -0.694. The van der Waals surface area contributed by atoms with E-state index < -0.39 is 26.6 Å². The number of sulfonamides is 1. The maximum Gasteiger partial charge on any atom is 0.264 e. The van der Waals surface area contributed by atoms with Crippen LogP contribution in [0, 0.1) is 34.3 Å². The average molecular weight is 411 g/mol. The molecule has 0 unspecified atom stereocenters. The van der Waals surface area contributed by atoms with Crippen LogP contribution in [0.4, 0.5) is 14.5 Å². The second kappa shape index (κ2) is 7.97. The largest absolute Gasteiger partial charge is 0.455 e. The van der Waals surface area contributed by atoms with Crippen LogP contribution in [-0.2, 0) is 10.0 Å². The molecule has 6 nitrogen and oxygen atoms in total. The summed E-state index contributed by atoms with van der Waals surface area (Å²) in [5, 5.41) is 18.3. The maximum atomic E-state index is 13.8. The number of para-hydroxylation sites is 1. The third-order valence-electron chi connectivity index (χ3n) is 3.77. The Balaban J connectivity index is 1.83. The molecule has 0 aliphatic heterocycles. The predicted octanol–water partition coefficient (Wildman–Crippen LogP) is 4.30. The van der Waals surface area contributed by atoms with Crippen molar-refractivity contribution >= 4 is 15.7 Å². The third kappa shape index (κ3) is 4.32. The number of nitriles is 2. The highest BCUT2D eigenvalue weighted by Gasteiger charge is 2.20. The fraction of sp³-hybridized carbons (Fsp3) is 0.